The van der Waals surface area contributed by atoms with Crippen LogP contribution in [0.4, 0.5) is 0 Å². The van der Waals surface area contributed by atoms with E-state index in [1.165, 1.54) is 0 Å². The molecule has 0 aromatic rings. The molecule has 0 aromatic carbocycles. The van der Waals surface area contributed by atoms with Gasteiger partial charge in [0.25, 0.3) is 0 Å². The van der Waals surface area contributed by atoms with Crippen LogP contribution in [0.3, 0.4) is 0 Å². The number of esters is 1. The van der Waals surface area contributed by atoms with E-state index in [1.54, 1.807) is 0 Å². The lowest BCUT2D eigenvalue weighted by molar-refractivity contribution is -0.178. The molecule has 0 amide bonds. The Morgan fingerprint density at radius 2 is 2.12 bits per heavy atom. The van der Waals surface area contributed by atoms with E-state index in [4.69, 9.17) is 9.47 Å². The smallest absolute Gasteiger partial charge is 0.335 e. The molecule has 0 aromatic heterocycles. The summed E-state index contributed by atoms with van der Waals surface area (Å²) in [6, 6.07) is 0. The fourth-order valence-corrected chi connectivity index (χ4v) is 2.18. The van der Waals surface area contributed by atoms with E-state index in [0.29, 0.717) is 12.0 Å². The first-order valence-electron chi connectivity index (χ1n) is 5.95. The molecule has 0 radical (unpaired) electrons. The highest BCUT2D eigenvalue weighted by Crippen LogP contribution is 2.35. The number of carbonyl (C=O) groups excluding carboxylic acids is 1. The second kappa shape index (κ2) is 4.00. The summed E-state index contributed by atoms with van der Waals surface area (Å²) in [6.45, 7) is 8.37. The molecule has 1 spiro atoms. The Morgan fingerprint density at radius 1 is 1.44 bits per heavy atom. The van der Waals surface area contributed by atoms with Crippen molar-refractivity contribution in [1.82, 2.24) is 5.32 Å². The lowest BCUT2D eigenvalue weighted by atomic mass is 9.76. The standard InChI is InChI=1S/C12H21NO3/c1-11(2,3)16-10(14)9-4-5-12(8-15-9)6-13-7-12/h9,13H,4-8H2,1-3H3. The monoisotopic (exact) mass is 227 g/mol. The summed E-state index contributed by atoms with van der Waals surface area (Å²) in [6.07, 6.45) is 1.49. The Labute approximate surface area is 96.7 Å². The van der Waals surface area contributed by atoms with Crippen LogP contribution in [0.15, 0.2) is 0 Å². The molecular formula is C12H21NO3. The van der Waals surface area contributed by atoms with Crippen LogP contribution in [-0.4, -0.2) is 37.4 Å². The van der Waals surface area contributed by atoms with Gasteiger partial charge in [0.1, 0.15) is 5.60 Å². The highest BCUT2D eigenvalue weighted by atomic mass is 16.6. The molecule has 2 saturated heterocycles. The number of ether oxygens (including phenoxy) is 2. The quantitative estimate of drug-likeness (QED) is 0.681. The average molecular weight is 227 g/mol. The van der Waals surface area contributed by atoms with Gasteiger partial charge in [-0.05, 0) is 33.6 Å². The molecule has 2 heterocycles. The van der Waals surface area contributed by atoms with Gasteiger partial charge in [0.05, 0.1) is 6.61 Å². The van der Waals surface area contributed by atoms with Crippen molar-refractivity contribution in [1.29, 1.82) is 0 Å². The van der Waals surface area contributed by atoms with E-state index in [2.05, 4.69) is 5.32 Å². The van der Waals surface area contributed by atoms with Gasteiger partial charge < -0.3 is 14.8 Å². The van der Waals surface area contributed by atoms with Crippen LogP contribution >= 0.6 is 0 Å². The molecule has 2 rings (SSSR count). The van der Waals surface area contributed by atoms with E-state index in [1.807, 2.05) is 20.8 Å². The Balaban J connectivity index is 1.82. The van der Waals surface area contributed by atoms with E-state index in [-0.39, 0.29) is 12.1 Å². The van der Waals surface area contributed by atoms with Crippen LogP contribution in [-0.2, 0) is 14.3 Å². The lowest BCUT2D eigenvalue weighted by Gasteiger charge is -2.46. The Bertz CT molecular complexity index is 268. The Kier molecular flexibility index (Phi) is 2.97. The topological polar surface area (TPSA) is 47.6 Å². The lowest BCUT2D eigenvalue weighted by Crippen LogP contribution is -2.59. The van der Waals surface area contributed by atoms with Gasteiger partial charge in [0.15, 0.2) is 6.10 Å². The van der Waals surface area contributed by atoms with Crippen LogP contribution in [0.1, 0.15) is 33.6 Å². The number of rotatable bonds is 1. The van der Waals surface area contributed by atoms with Gasteiger partial charge in [-0.1, -0.05) is 0 Å². The number of nitrogens with one attached hydrogen (secondary N) is 1. The van der Waals surface area contributed by atoms with E-state index in [0.717, 1.165) is 25.9 Å². The fourth-order valence-electron chi connectivity index (χ4n) is 2.18. The molecule has 1 atom stereocenters. The van der Waals surface area contributed by atoms with Crippen molar-refractivity contribution in [3.8, 4) is 0 Å². The van der Waals surface area contributed by atoms with Crippen LogP contribution < -0.4 is 5.32 Å². The first-order chi connectivity index (χ1) is 7.40. The Hall–Kier alpha value is -0.610. The van der Waals surface area contributed by atoms with Crippen LogP contribution in [0.25, 0.3) is 0 Å². The van der Waals surface area contributed by atoms with Crippen LogP contribution in [0, 0.1) is 5.41 Å². The maximum atomic E-state index is 11.8. The minimum atomic E-state index is -0.423. The molecule has 92 valence electrons. The first-order valence-corrected chi connectivity index (χ1v) is 5.95. The molecule has 0 saturated carbocycles. The van der Waals surface area contributed by atoms with Gasteiger partial charge in [-0.3, -0.25) is 0 Å². The van der Waals surface area contributed by atoms with Crippen LogP contribution in [0.2, 0.25) is 0 Å². The maximum absolute atomic E-state index is 11.8. The number of carbonyl (C=O) groups is 1. The zero-order valence-corrected chi connectivity index (χ0v) is 10.3. The second-order valence-electron chi connectivity index (χ2n) is 5.98. The van der Waals surface area contributed by atoms with Gasteiger partial charge in [0, 0.05) is 18.5 Å². The zero-order chi connectivity index (χ0) is 11.8. The predicted octanol–water partition coefficient (Wildman–Crippen LogP) is 1.10. The first kappa shape index (κ1) is 11.9. The summed E-state index contributed by atoms with van der Waals surface area (Å²) < 4.78 is 10.9. The summed E-state index contributed by atoms with van der Waals surface area (Å²) in [4.78, 5) is 11.8. The highest BCUT2D eigenvalue weighted by Gasteiger charge is 2.43. The van der Waals surface area contributed by atoms with Crippen molar-refractivity contribution in [3.05, 3.63) is 0 Å². The summed E-state index contributed by atoms with van der Waals surface area (Å²) in [5, 5.41) is 3.26. The van der Waals surface area contributed by atoms with Gasteiger partial charge >= 0.3 is 5.97 Å². The van der Waals surface area contributed by atoms with Gasteiger partial charge in [-0.15, -0.1) is 0 Å². The summed E-state index contributed by atoms with van der Waals surface area (Å²) in [5.41, 5.74) is -0.119. The number of hydrogen-bond donors (Lipinski definition) is 1. The van der Waals surface area contributed by atoms with Crippen molar-refractivity contribution in [2.45, 2.75) is 45.3 Å². The molecular weight excluding hydrogens is 206 g/mol. The normalized spacial score (nSPS) is 28.6. The van der Waals surface area contributed by atoms with Crippen LogP contribution in [0.5, 0.6) is 0 Å². The maximum Gasteiger partial charge on any atom is 0.335 e. The van der Waals surface area contributed by atoms with Crippen molar-refractivity contribution in [2.24, 2.45) is 5.41 Å². The molecule has 1 unspecified atom stereocenters. The predicted molar refractivity (Wildman–Crippen MR) is 60.1 cm³/mol. The minimum absolute atomic E-state index is 0.213. The molecule has 2 fully saturated rings. The average Bonchev–Trinajstić information content (AvgIpc) is 2.13. The number of hydrogen-bond acceptors (Lipinski definition) is 4. The van der Waals surface area contributed by atoms with Gasteiger partial charge in [-0.2, -0.15) is 0 Å². The summed E-state index contributed by atoms with van der Waals surface area (Å²) in [5.74, 6) is -0.213. The third-order valence-corrected chi connectivity index (χ3v) is 3.20. The fraction of sp³-hybridized carbons (Fsp3) is 0.917. The molecule has 0 bridgehead atoms. The third-order valence-electron chi connectivity index (χ3n) is 3.20. The van der Waals surface area contributed by atoms with Gasteiger partial charge in [-0.25, -0.2) is 4.79 Å². The summed E-state index contributed by atoms with van der Waals surface area (Å²) in [7, 11) is 0. The van der Waals surface area contributed by atoms with E-state index >= 15 is 0 Å². The summed E-state index contributed by atoms with van der Waals surface area (Å²) >= 11 is 0. The largest absolute Gasteiger partial charge is 0.458 e. The molecule has 4 nitrogen and oxygen atoms in total. The highest BCUT2D eigenvalue weighted by molar-refractivity contribution is 5.75. The molecule has 16 heavy (non-hydrogen) atoms. The molecule has 4 heteroatoms. The van der Waals surface area contributed by atoms with Crippen molar-refractivity contribution in [3.63, 3.8) is 0 Å². The Morgan fingerprint density at radius 3 is 2.50 bits per heavy atom. The molecule has 2 aliphatic rings. The third kappa shape index (κ3) is 2.55. The van der Waals surface area contributed by atoms with Crippen molar-refractivity contribution < 1.29 is 14.3 Å². The van der Waals surface area contributed by atoms with E-state index in [9.17, 15) is 4.79 Å². The second-order valence-corrected chi connectivity index (χ2v) is 5.98. The molecule has 1 N–H and O–H groups in total. The SMILES string of the molecule is CC(C)(C)OC(=O)C1CCC2(CNC2)CO1. The van der Waals surface area contributed by atoms with Crippen molar-refractivity contribution in [2.75, 3.05) is 19.7 Å². The van der Waals surface area contributed by atoms with E-state index < -0.39 is 5.60 Å². The van der Waals surface area contributed by atoms with Gasteiger partial charge in [0.2, 0.25) is 0 Å². The molecule has 0 aliphatic carbocycles. The zero-order valence-electron chi connectivity index (χ0n) is 10.3. The van der Waals surface area contributed by atoms with Crippen molar-refractivity contribution >= 4 is 5.97 Å². The molecule has 2 aliphatic heterocycles. The minimum Gasteiger partial charge on any atom is -0.458 e.